The zero-order chi connectivity index (χ0) is 13.7. The molecule has 19 heavy (non-hydrogen) atoms. The Morgan fingerprint density at radius 3 is 2.63 bits per heavy atom. The normalized spacial score (nSPS) is 11.4. The molecule has 0 saturated heterocycles. The highest BCUT2D eigenvalue weighted by atomic mass is 32.2. The minimum atomic E-state index is -3.47. The fourth-order valence-electron chi connectivity index (χ4n) is 1.39. The Morgan fingerprint density at radius 2 is 2.05 bits per heavy atom. The first-order valence-electron chi connectivity index (χ1n) is 5.52. The lowest BCUT2D eigenvalue weighted by Crippen LogP contribution is -2.40. The molecule has 0 unspecified atom stereocenters. The van der Waals surface area contributed by atoms with Crippen LogP contribution in [0.1, 0.15) is 0 Å². The van der Waals surface area contributed by atoms with Crippen LogP contribution < -0.4 is 4.68 Å². The third-order valence-corrected chi connectivity index (χ3v) is 3.61. The molecule has 2 aromatic rings. The second-order valence-corrected chi connectivity index (χ2v) is 5.54. The minimum Gasteiger partial charge on any atom is -0.273 e. The molecule has 0 aliphatic rings. The van der Waals surface area contributed by atoms with Crippen LogP contribution >= 0.6 is 0 Å². The van der Waals surface area contributed by atoms with E-state index in [9.17, 15) is 8.42 Å². The molecule has 0 bridgehead atoms. The van der Waals surface area contributed by atoms with Gasteiger partial charge in [-0.25, -0.2) is 9.97 Å². The molecule has 0 aromatic carbocycles. The van der Waals surface area contributed by atoms with Crippen LogP contribution in [0.15, 0.2) is 36.9 Å². The molecule has 0 aliphatic heterocycles. The summed E-state index contributed by atoms with van der Waals surface area (Å²) >= 11 is 0. The molecule has 2 aromatic heterocycles. The van der Waals surface area contributed by atoms with Gasteiger partial charge in [0.1, 0.15) is 11.9 Å². The third kappa shape index (κ3) is 3.76. The van der Waals surface area contributed by atoms with Crippen molar-refractivity contribution >= 4 is 10.1 Å². The first kappa shape index (κ1) is 13.5. The second kappa shape index (κ2) is 5.81. The molecule has 0 fully saturated rings. The maximum atomic E-state index is 11.2. The zero-order valence-corrected chi connectivity index (χ0v) is 11.1. The Kier molecular flexibility index (Phi) is 4.13. The Hall–Kier alpha value is -1.93. The molecule has 0 saturated carbocycles. The van der Waals surface area contributed by atoms with Crippen LogP contribution in [0, 0.1) is 0 Å². The largest absolute Gasteiger partial charge is 0.273 e. The summed E-state index contributed by atoms with van der Waals surface area (Å²) in [6.45, 7) is 0.228. The number of rotatable bonds is 5. The van der Waals surface area contributed by atoms with Crippen molar-refractivity contribution in [3.63, 3.8) is 0 Å². The first-order valence-corrected chi connectivity index (χ1v) is 7.10. The van der Waals surface area contributed by atoms with Crippen molar-refractivity contribution in [1.82, 2.24) is 15.1 Å². The highest BCUT2D eigenvalue weighted by Gasteiger charge is 2.14. The molecule has 7 nitrogen and oxygen atoms in total. The molecule has 0 radical (unpaired) electrons. The van der Waals surface area contributed by atoms with E-state index in [0.717, 1.165) is 12.7 Å². The van der Waals surface area contributed by atoms with Gasteiger partial charge in [0.25, 0.3) is 10.1 Å². The van der Waals surface area contributed by atoms with Gasteiger partial charge in [-0.2, -0.15) is 8.42 Å². The van der Waals surface area contributed by atoms with Gasteiger partial charge in [-0.05, 0) is 11.2 Å². The van der Waals surface area contributed by atoms with E-state index in [0.29, 0.717) is 5.82 Å². The van der Waals surface area contributed by atoms with E-state index in [2.05, 4.69) is 19.2 Å². The molecule has 0 amide bonds. The van der Waals surface area contributed by atoms with E-state index in [4.69, 9.17) is 0 Å². The summed E-state index contributed by atoms with van der Waals surface area (Å²) in [6.07, 6.45) is 6.56. The van der Waals surface area contributed by atoms with Crippen LogP contribution in [0.3, 0.4) is 0 Å². The summed E-state index contributed by atoms with van der Waals surface area (Å²) in [5.41, 5.74) is 0.770. The van der Waals surface area contributed by atoms with Crippen molar-refractivity contribution in [1.29, 1.82) is 0 Å². The molecule has 8 heteroatoms. The summed E-state index contributed by atoms with van der Waals surface area (Å²) in [5, 5.41) is 4.11. The van der Waals surface area contributed by atoms with Gasteiger partial charge in [0.05, 0.1) is 7.11 Å². The van der Waals surface area contributed by atoms with Gasteiger partial charge in [0, 0.05) is 24.0 Å². The quantitative estimate of drug-likeness (QED) is 0.557. The summed E-state index contributed by atoms with van der Waals surface area (Å²) in [5.74, 6) is 0.453. The highest BCUT2D eigenvalue weighted by Crippen LogP contribution is 2.09. The molecule has 0 N–H and O–H groups in total. The topological polar surface area (TPSA) is 85.9 Å². The van der Waals surface area contributed by atoms with Crippen molar-refractivity contribution in [2.24, 2.45) is 0 Å². The third-order valence-electron chi connectivity index (χ3n) is 2.42. The summed E-state index contributed by atoms with van der Waals surface area (Å²) < 4.78 is 28.2. The van der Waals surface area contributed by atoms with Crippen LogP contribution in [-0.4, -0.2) is 36.3 Å². The molecule has 0 atom stereocenters. The Bertz CT molecular complexity index is 629. The number of hydrogen-bond donors (Lipinski definition) is 0. The average Bonchev–Trinajstić information content (AvgIpc) is 2.47. The molecular weight excluding hydrogens is 268 g/mol. The SMILES string of the molecule is COS(=O)(=O)CC[n+]1ccc(-c2ncccn2)cn1. The second-order valence-electron chi connectivity index (χ2n) is 3.68. The lowest BCUT2D eigenvalue weighted by molar-refractivity contribution is -0.750. The Balaban J connectivity index is 2.07. The fourth-order valence-corrected chi connectivity index (χ4v) is 1.96. The highest BCUT2D eigenvalue weighted by molar-refractivity contribution is 7.86. The molecule has 2 heterocycles. The van der Waals surface area contributed by atoms with Crippen molar-refractivity contribution in [2.75, 3.05) is 12.9 Å². The van der Waals surface area contributed by atoms with Crippen molar-refractivity contribution in [3.8, 4) is 11.4 Å². The van der Waals surface area contributed by atoms with Crippen LogP contribution in [0.4, 0.5) is 0 Å². The van der Waals surface area contributed by atoms with Crippen molar-refractivity contribution < 1.29 is 17.3 Å². The van der Waals surface area contributed by atoms with Gasteiger partial charge in [0.2, 0.25) is 0 Å². The van der Waals surface area contributed by atoms with Gasteiger partial charge in [-0.15, -0.1) is 0 Å². The van der Waals surface area contributed by atoms with E-state index in [1.807, 2.05) is 0 Å². The first-order chi connectivity index (χ1) is 9.11. The van der Waals surface area contributed by atoms with Gasteiger partial charge in [-0.3, -0.25) is 4.18 Å². The molecule has 2 rings (SSSR count). The van der Waals surface area contributed by atoms with Crippen molar-refractivity contribution in [2.45, 2.75) is 6.54 Å². The Labute approximate surface area is 111 Å². The van der Waals surface area contributed by atoms with Gasteiger partial charge >= 0.3 is 0 Å². The molecule has 100 valence electrons. The molecular formula is C11H13N4O3S+. The number of nitrogens with zero attached hydrogens (tertiary/aromatic N) is 4. The standard InChI is InChI=1S/C11H13N4O3S/c1-18-19(16,17)8-7-15-6-3-10(9-14-15)11-12-4-2-5-13-11/h2-6,9H,7-8H2,1H3/q+1. The van der Waals surface area contributed by atoms with E-state index in [-0.39, 0.29) is 12.3 Å². The number of aromatic nitrogens is 4. The van der Waals surface area contributed by atoms with Crippen molar-refractivity contribution in [3.05, 3.63) is 36.9 Å². The fraction of sp³-hybridized carbons (Fsp3) is 0.273. The number of aryl methyl sites for hydroxylation is 1. The minimum absolute atomic E-state index is 0.123. The molecule has 0 aliphatic carbocycles. The van der Waals surface area contributed by atoms with Crippen LogP contribution in [0.2, 0.25) is 0 Å². The average molecular weight is 281 g/mol. The zero-order valence-electron chi connectivity index (χ0n) is 10.3. The maximum absolute atomic E-state index is 11.2. The summed E-state index contributed by atoms with van der Waals surface area (Å²) in [6, 6.07) is 3.51. The van der Waals surface area contributed by atoms with Gasteiger partial charge in [-0.1, -0.05) is 4.68 Å². The smallest absolute Gasteiger partial charge is 0.273 e. The van der Waals surface area contributed by atoms with Crippen LogP contribution in [0.25, 0.3) is 11.4 Å². The predicted octanol–water partition coefficient (Wildman–Crippen LogP) is -0.198. The van der Waals surface area contributed by atoms with E-state index >= 15 is 0 Å². The van der Waals surface area contributed by atoms with Crippen LogP contribution in [0.5, 0.6) is 0 Å². The van der Waals surface area contributed by atoms with E-state index < -0.39 is 10.1 Å². The predicted molar refractivity (Wildman–Crippen MR) is 66.3 cm³/mol. The lowest BCUT2D eigenvalue weighted by Gasteiger charge is -1.98. The van der Waals surface area contributed by atoms with Gasteiger partial charge in [0.15, 0.2) is 18.6 Å². The summed E-state index contributed by atoms with van der Waals surface area (Å²) in [4.78, 5) is 8.20. The monoisotopic (exact) mass is 281 g/mol. The van der Waals surface area contributed by atoms with E-state index in [1.54, 1.807) is 36.9 Å². The molecule has 0 spiro atoms. The lowest BCUT2D eigenvalue weighted by atomic mass is 10.3. The van der Waals surface area contributed by atoms with E-state index in [1.165, 1.54) is 4.68 Å². The maximum Gasteiger partial charge on any atom is 0.273 e. The Morgan fingerprint density at radius 1 is 1.32 bits per heavy atom. The summed E-state index contributed by atoms with van der Waals surface area (Å²) in [7, 11) is -2.32. The van der Waals surface area contributed by atoms with Crippen LogP contribution in [-0.2, 0) is 20.8 Å². The van der Waals surface area contributed by atoms with Gasteiger partial charge < -0.3 is 0 Å². The number of hydrogen-bond acceptors (Lipinski definition) is 6.